The van der Waals surface area contributed by atoms with Gasteiger partial charge in [0.25, 0.3) is 0 Å². The van der Waals surface area contributed by atoms with Crippen LogP contribution in [0.4, 0.5) is 0 Å². The summed E-state index contributed by atoms with van der Waals surface area (Å²) in [5, 5.41) is 5.58. The Bertz CT molecular complexity index is 479. The quantitative estimate of drug-likeness (QED) is 0.842. The smallest absolute Gasteiger partial charge is 0.122 e. The predicted molar refractivity (Wildman–Crippen MR) is 75.0 cm³/mol. The fourth-order valence-electron chi connectivity index (χ4n) is 1.80. The molecular formula is C15H17ClNOS-. The summed E-state index contributed by atoms with van der Waals surface area (Å²) in [7, 11) is 0. The van der Waals surface area contributed by atoms with E-state index in [1.54, 1.807) is 11.3 Å². The third kappa shape index (κ3) is 4.53. The van der Waals surface area contributed by atoms with E-state index < -0.39 is 0 Å². The van der Waals surface area contributed by atoms with Crippen molar-refractivity contribution in [1.82, 2.24) is 5.32 Å². The highest BCUT2D eigenvalue weighted by Crippen LogP contribution is 2.20. The van der Waals surface area contributed by atoms with Gasteiger partial charge in [-0.15, -0.1) is 11.3 Å². The molecule has 1 aromatic carbocycles. The molecule has 1 saturated carbocycles. The van der Waals surface area contributed by atoms with E-state index in [1.165, 1.54) is 23.3 Å². The molecule has 1 heterocycles. The van der Waals surface area contributed by atoms with Crippen LogP contribution < -0.4 is 22.5 Å². The van der Waals surface area contributed by atoms with Gasteiger partial charge in [-0.1, -0.05) is 18.2 Å². The van der Waals surface area contributed by atoms with E-state index in [4.69, 9.17) is 4.74 Å². The van der Waals surface area contributed by atoms with E-state index in [2.05, 4.69) is 47.1 Å². The van der Waals surface area contributed by atoms with E-state index in [1.807, 2.05) is 0 Å². The Hall–Kier alpha value is -1.03. The topological polar surface area (TPSA) is 21.3 Å². The standard InChI is InChI=1S/C15H17NOS.ClH/c1-2-15(18-9-1)11-17-14-7-3-12(4-8-14)10-16-13-5-6-13;/h1-4,7-9,13,16H,5-6,10-11H2;1H/p-1. The number of benzene rings is 1. The first-order valence-electron chi connectivity index (χ1n) is 6.38. The van der Waals surface area contributed by atoms with Gasteiger partial charge in [-0.3, -0.25) is 0 Å². The average molecular weight is 295 g/mol. The maximum Gasteiger partial charge on any atom is 0.122 e. The first-order valence-corrected chi connectivity index (χ1v) is 7.25. The molecule has 1 N–H and O–H groups in total. The Kier molecular flexibility index (Phi) is 5.25. The maximum absolute atomic E-state index is 5.73. The van der Waals surface area contributed by atoms with Crippen LogP contribution >= 0.6 is 11.3 Å². The van der Waals surface area contributed by atoms with Crippen LogP contribution in [0.5, 0.6) is 5.75 Å². The first-order chi connectivity index (χ1) is 8.90. The first kappa shape index (κ1) is 14.4. The minimum atomic E-state index is 0. The lowest BCUT2D eigenvalue weighted by molar-refractivity contribution is -0.00000399. The molecule has 0 saturated heterocycles. The summed E-state index contributed by atoms with van der Waals surface area (Å²) < 4.78 is 5.73. The molecule has 0 bridgehead atoms. The second-order valence-electron chi connectivity index (χ2n) is 4.67. The molecule has 0 radical (unpaired) electrons. The largest absolute Gasteiger partial charge is 1.00 e. The van der Waals surface area contributed by atoms with Gasteiger partial charge in [0.15, 0.2) is 0 Å². The van der Waals surface area contributed by atoms with Gasteiger partial charge in [-0.25, -0.2) is 0 Å². The van der Waals surface area contributed by atoms with Crippen molar-refractivity contribution in [3.05, 3.63) is 52.2 Å². The number of hydrogen-bond donors (Lipinski definition) is 1. The molecule has 2 aromatic rings. The Morgan fingerprint density at radius 2 is 1.95 bits per heavy atom. The van der Waals surface area contributed by atoms with Crippen LogP contribution in [-0.4, -0.2) is 6.04 Å². The average Bonchev–Trinajstić information content (AvgIpc) is 3.09. The molecule has 1 aromatic heterocycles. The fraction of sp³-hybridized carbons (Fsp3) is 0.333. The van der Waals surface area contributed by atoms with Gasteiger partial charge < -0.3 is 22.5 Å². The van der Waals surface area contributed by atoms with Crippen LogP contribution in [0.1, 0.15) is 23.3 Å². The third-order valence-electron chi connectivity index (χ3n) is 3.06. The zero-order valence-electron chi connectivity index (χ0n) is 10.6. The van der Waals surface area contributed by atoms with Crippen molar-refractivity contribution in [2.75, 3.05) is 0 Å². The third-order valence-corrected chi connectivity index (χ3v) is 3.91. The molecular weight excluding hydrogens is 278 g/mol. The molecule has 102 valence electrons. The molecule has 19 heavy (non-hydrogen) atoms. The lowest BCUT2D eigenvalue weighted by Crippen LogP contribution is -3.00. The summed E-state index contributed by atoms with van der Waals surface area (Å²) in [5.74, 6) is 0.943. The van der Waals surface area contributed by atoms with Gasteiger partial charge in [-0.05, 0) is 42.0 Å². The van der Waals surface area contributed by atoms with Crippen molar-refractivity contribution in [1.29, 1.82) is 0 Å². The maximum atomic E-state index is 5.73. The molecule has 2 nitrogen and oxygen atoms in total. The zero-order valence-corrected chi connectivity index (χ0v) is 12.2. The minimum Gasteiger partial charge on any atom is -1.00 e. The van der Waals surface area contributed by atoms with Gasteiger partial charge >= 0.3 is 0 Å². The summed E-state index contributed by atoms with van der Waals surface area (Å²) in [6, 6.07) is 13.3. The Labute approximate surface area is 124 Å². The number of ether oxygens (including phenoxy) is 1. The van der Waals surface area contributed by atoms with E-state index >= 15 is 0 Å². The van der Waals surface area contributed by atoms with Gasteiger partial charge in [0.2, 0.25) is 0 Å². The zero-order chi connectivity index (χ0) is 12.2. The highest BCUT2D eigenvalue weighted by atomic mass is 35.5. The van der Waals surface area contributed by atoms with Crippen LogP contribution in [-0.2, 0) is 13.2 Å². The minimum absolute atomic E-state index is 0. The van der Waals surface area contributed by atoms with E-state index in [0.717, 1.165) is 18.3 Å². The van der Waals surface area contributed by atoms with Gasteiger partial charge in [0.05, 0.1) is 0 Å². The molecule has 1 aliphatic rings. The fourth-order valence-corrected chi connectivity index (χ4v) is 2.42. The second kappa shape index (κ2) is 6.94. The van der Waals surface area contributed by atoms with Crippen molar-refractivity contribution in [2.24, 2.45) is 0 Å². The van der Waals surface area contributed by atoms with Crippen LogP contribution in [0.15, 0.2) is 41.8 Å². The summed E-state index contributed by atoms with van der Waals surface area (Å²) in [6.45, 7) is 1.63. The number of hydrogen-bond acceptors (Lipinski definition) is 3. The molecule has 1 fully saturated rings. The van der Waals surface area contributed by atoms with Crippen molar-refractivity contribution in [2.45, 2.75) is 32.0 Å². The van der Waals surface area contributed by atoms with Gasteiger partial charge in [-0.2, -0.15) is 0 Å². The molecule has 4 heteroatoms. The molecule has 3 rings (SSSR count). The van der Waals surface area contributed by atoms with Crippen LogP contribution in [0.3, 0.4) is 0 Å². The summed E-state index contributed by atoms with van der Waals surface area (Å²) in [6.07, 6.45) is 2.67. The lowest BCUT2D eigenvalue weighted by atomic mass is 10.2. The molecule has 0 amide bonds. The van der Waals surface area contributed by atoms with Crippen molar-refractivity contribution in [3.8, 4) is 5.75 Å². The Morgan fingerprint density at radius 1 is 1.16 bits per heavy atom. The summed E-state index contributed by atoms with van der Waals surface area (Å²) in [4.78, 5) is 1.26. The van der Waals surface area contributed by atoms with Crippen LogP contribution in [0.2, 0.25) is 0 Å². The molecule has 1 aliphatic carbocycles. The normalized spacial score (nSPS) is 13.9. The monoisotopic (exact) mass is 294 g/mol. The molecule has 0 spiro atoms. The number of thiophene rings is 1. The van der Waals surface area contributed by atoms with E-state index in [0.29, 0.717) is 6.61 Å². The highest BCUT2D eigenvalue weighted by Gasteiger charge is 2.19. The highest BCUT2D eigenvalue weighted by molar-refractivity contribution is 7.09. The molecule has 0 atom stereocenters. The lowest BCUT2D eigenvalue weighted by Gasteiger charge is -2.06. The molecule has 0 unspecified atom stereocenters. The summed E-state index contributed by atoms with van der Waals surface area (Å²) >= 11 is 1.73. The van der Waals surface area contributed by atoms with Gasteiger partial charge in [0, 0.05) is 17.5 Å². The number of rotatable bonds is 6. The van der Waals surface area contributed by atoms with Crippen LogP contribution in [0, 0.1) is 0 Å². The number of halogens is 1. The van der Waals surface area contributed by atoms with Crippen molar-refractivity contribution < 1.29 is 17.1 Å². The van der Waals surface area contributed by atoms with Crippen molar-refractivity contribution >= 4 is 11.3 Å². The van der Waals surface area contributed by atoms with Gasteiger partial charge in [0.1, 0.15) is 12.4 Å². The second-order valence-corrected chi connectivity index (χ2v) is 5.70. The van der Waals surface area contributed by atoms with E-state index in [9.17, 15) is 0 Å². The summed E-state index contributed by atoms with van der Waals surface area (Å²) in [5.41, 5.74) is 1.32. The Morgan fingerprint density at radius 3 is 2.58 bits per heavy atom. The predicted octanol–water partition coefficient (Wildman–Crippen LogP) is 0.583. The van der Waals surface area contributed by atoms with Crippen molar-refractivity contribution in [3.63, 3.8) is 0 Å². The SMILES string of the molecule is [Cl-].c1csc(COc2ccc(CNC3CC3)cc2)c1. The number of nitrogens with one attached hydrogen (secondary N) is 1. The van der Waals surface area contributed by atoms with E-state index in [-0.39, 0.29) is 12.4 Å². The van der Waals surface area contributed by atoms with Crippen LogP contribution in [0.25, 0.3) is 0 Å². The Balaban J connectivity index is 0.00000133. The molecule has 0 aliphatic heterocycles.